The molecule has 16 heavy (non-hydrogen) atoms. The van der Waals surface area contributed by atoms with E-state index in [4.69, 9.17) is 4.74 Å². The van der Waals surface area contributed by atoms with E-state index in [9.17, 15) is 4.79 Å². The number of likely N-dealkylation sites (tertiary alicyclic amines) is 1. The summed E-state index contributed by atoms with van der Waals surface area (Å²) in [5, 5.41) is 3.03. The van der Waals surface area contributed by atoms with Crippen LogP contribution in [0.5, 0.6) is 0 Å². The number of carbonyl (C=O) groups excluding carboxylic acids is 1. The molecular formula is C12H22N2O2. The number of amides is 2. The van der Waals surface area contributed by atoms with Gasteiger partial charge >= 0.3 is 6.03 Å². The Balaban J connectivity index is 1.65. The molecule has 0 saturated carbocycles. The van der Waals surface area contributed by atoms with Crippen molar-refractivity contribution in [3.05, 3.63) is 0 Å². The van der Waals surface area contributed by atoms with Crippen LogP contribution in [0.15, 0.2) is 0 Å². The molecule has 2 aliphatic rings. The summed E-state index contributed by atoms with van der Waals surface area (Å²) in [4.78, 5) is 13.8. The number of ether oxygens (including phenoxy) is 1. The maximum Gasteiger partial charge on any atom is 0.317 e. The lowest BCUT2D eigenvalue weighted by Gasteiger charge is -2.28. The van der Waals surface area contributed by atoms with Gasteiger partial charge in [0, 0.05) is 26.2 Å². The van der Waals surface area contributed by atoms with Crippen molar-refractivity contribution < 1.29 is 9.53 Å². The molecule has 1 atom stereocenters. The molecule has 92 valence electrons. The van der Waals surface area contributed by atoms with E-state index in [1.807, 2.05) is 4.90 Å². The monoisotopic (exact) mass is 226 g/mol. The summed E-state index contributed by atoms with van der Waals surface area (Å²) in [6, 6.07) is 0.116. The lowest BCUT2D eigenvalue weighted by Crippen LogP contribution is -2.45. The van der Waals surface area contributed by atoms with Crippen molar-refractivity contribution >= 4 is 6.03 Å². The molecule has 4 heteroatoms. The average Bonchev–Trinajstić information content (AvgIpc) is 2.38. The third-order valence-electron chi connectivity index (χ3n) is 3.44. The minimum absolute atomic E-state index is 0.116. The molecule has 0 aliphatic carbocycles. The Bertz CT molecular complexity index is 221. The van der Waals surface area contributed by atoms with Crippen molar-refractivity contribution in [1.82, 2.24) is 10.2 Å². The number of nitrogens with one attached hydrogen (secondary N) is 1. The van der Waals surface area contributed by atoms with Gasteiger partial charge in [-0.2, -0.15) is 0 Å². The summed E-state index contributed by atoms with van der Waals surface area (Å²) in [6.07, 6.45) is 5.88. The van der Waals surface area contributed by atoms with E-state index in [0.717, 1.165) is 52.1 Å². The van der Waals surface area contributed by atoms with Crippen molar-refractivity contribution in [3.8, 4) is 0 Å². The Morgan fingerprint density at radius 2 is 2.06 bits per heavy atom. The molecule has 0 aromatic rings. The van der Waals surface area contributed by atoms with E-state index in [1.165, 1.54) is 12.8 Å². The maximum absolute atomic E-state index is 11.8. The number of piperidine rings is 1. The summed E-state index contributed by atoms with van der Waals surface area (Å²) in [5.74, 6) is 0.516. The highest BCUT2D eigenvalue weighted by Crippen LogP contribution is 2.13. The number of nitrogens with zero attached hydrogens (tertiary/aromatic N) is 1. The largest absolute Gasteiger partial charge is 0.381 e. The molecule has 2 aliphatic heterocycles. The summed E-state index contributed by atoms with van der Waals surface area (Å²) in [5.41, 5.74) is 0. The molecule has 1 unspecified atom stereocenters. The van der Waals surface area contributed by atoms with Crippen LogP contribution in [0.25, 0.3) is 0 Å². The third kappa shape index (κ3) is 3.37. The second-order valence-corrected chi connectivity index (χ2v) is 4.82. The van der Waals surface area contributed by atoms with E-state index in [-0.39, 0.29) is 6.03 Å². The molecule has 0 bridgehead atoms. The molecule has 1 N–H and O–H groups in total. The van der Waals surface area contributed by atoms with Crippen LogP contribution in [0.2, 0.25) is 0 Å². The Morgan fingerprint density at radius 1 is 1.25 bits per heavy atom. The first-order valence-corrected chi connectivity index (χ1v) is 6.47. The fourth-order valence-electron chi connectivity index (χ4n) is 2.41. The Morgan fingerprint density at radius 3 is 2.75 bits per heavy atom. The van der Waals surface area contributed by atoms with Crippen LogP contribution >= 0.6 is 0 Å². The number of hydrogen-bond acceptors (Lipinski definition) is 2. The van der Waals surface area contributed by atoms with Gasteiger partial charge in [-0.25, -0.2) is 4.79 Å². The minimum Gasteiger partial charge on any atom is -0.381 e. The maximum atomic E-state index is 11.8. The predicted molar refractivity (Wildman–Crippen MR) is 62.4 cm³/mol. The molecule has 2 rings (SSSR count). The summed E-state index contributed by atoms with van der Waals surface area (Å²) < 4.78 is 5.39. The molecule has 0 spiro atoms. The highest BCUT2D eigenvalue weighted by molar-refractivity contribution is 5.74. The van der Waals surface area contributed by atoms with Gasteiger partial charge in [0.2, 0.25) is 0 Å². The van der Waals surface area contributed by atoms with Gasteiger partial charge in [-0.1, -0.05) is 0 Å². The van der Waals surface area contributed by atoms with Crippen LogP contribution in [-0.4, -0.2) is 43.8 Å². The zero-order valence-corrected chi connectivity index (χ0v) is 9.91. The van der Waals surface area contributed by atoms with E-state index in [2.05, 4.69) is 5.32 Å². The summed E-state index contributed by atoms with van der Waals surface area (Å²) in [6.45, 7) is 4.31. The van der Waals surface area contributed by atoms with Crippen LogP contribution in [0, 0.1) is 5.92 Å². The molecule has 2 fully saturated rings. The standard InChI is InChI=1S/C12H22N2O2/c15-12(14-6-2-1-3-7-14)13-9-11-5-4-8-16-10-11/h11H,1-10H2,(H,13,15). The van der Waals surface area contributed by atoms with Crippen LogP contribution < -0.4 is 5.32 Å². The SMILES string of the molecule is O=C(NCC1CCCOC1)N1CCCCC1. The zero-order chi connectivity index (χ0) is 11.2. The van der Waals surface area contributed by atoms with Gasteiger partial charge in [-0.05, 0) is 38.0 Å². The number of hydrogen-bond donors (Lipinski definition) is 1. The number of urea groups is 1. The first-order valence-electron chi connectivity index (χ1n) is 6.47. The van der Waals surface area contributed by atoms with Crippen LogP contribution in [0.4, 0.5) is 4.79 Å². The highest BCUT2D eigenvalue weighted by atomic mass is 16.5. The van der Waals surface area contributed by atoms with Gasteiger partial charge in [-0.3, -0.25) is 0 Å². The van der Waals surface area contributed by atoms with E-state index in [1.54, 1.807) is 0 Å². The average molecular weight is 226 g/mol. The molecule has 0 aromatic heterocycles. The quantitative estimate of drug-likeness (QED) is 0.777. The van der Waals surface area contributed by atoms with Gasteiger partial charge in [0.05, 0.1) is 6.61 Å². The van der Waals surface area contributed by atoms with Gasteiger partial charge in [0.1, 0.15) is 0 Å². The number of rotatable bonds is 2. The molecule has 4 nitrogen and oxygen atoms in total. The highest BCUT2D eigenvalue weighted by Gasteiger charge is 2.18. The van der Waals surface area contributed by atoms with Gasteiger partial charge in [-0.15, -0.1) is 0 Å². The van der Waals surface area contributed by atoms with Gasteiger partial charge in [0.15, 0.2) is 0 Å². The molecule has 0 aromatic carbocycles. The molecule has 2 heterocycles. The third-order valence-corrected chi connectivity index (χ3v) is 3.44. The van der Waals surface area contributed by atoms with Crippen LogP contribution in [0.3, 0.4) is 0 Å². The normalized spacial score (nSPS) is 26.5. The first-order chi connectivity index (χ1) is 7.86. The van der Waals surface area contributed by atoms with E-state index in [0.29, 0.717) is 5.92 Å². The topological polar surface area (TPSA) is 41.6 Å². The van der Waals surface area contributed by atoms with Gasteiger partial charge in [0.25, 0.3) is 0 Å². The Labute approximate surface area is 97.3 Å². The van der Waals surface area contributed by atoms with Crippen molar-refractivity contribution in [2.75, 3.05) is 32.8 Å². The fraction of sp³-hybridized carbons (Fsp3) is 0.917. The van der Waals surface area contributed by atoms with Crippen LogP contribution in [0.1, 0.15) is 32.1 Å². The zero-order valence-electron chi connectivity index (χ0n) is 9.91. The molecule has 0 radical (unpaired) electrons. The van der Waals surface area contributed by atoms with Crippen molar-refractivity contribution in [2.24, 2.45) is 5.92 Å². The first kappa shape index (κ1) is 11.7. The molecular weight excluding hydrogens is 204 g/mol. The van der Waals surface area contributed by atoms with E-state index < -0.39 is 0 Å². The fourth-order valence-corrected chi connectivity index (χ4v) is 2.41. The lowest BCUT2D eigenvalue weighted by atomic mass is 10.0. The lowest BCUT2D eigenvalue weighted by molar-refractivity contribution is 0.0550. The minimum atomic E-state index is 0.116. The second-order valence-electron chi connectivity index (χ2n) is 4.82. The summed E-state index contributed by atoms with van der Waals surface area (Å²) in [7, 11) is 0. The Hall–Kier alpha value is -0.770. The summed E-state index contributed by atoms with van der Waals surface area (Å²) >= 11 is 0. The smallest absolute Gasteiger partial charge is 0.317 e. The van der Waals surface area contributed by atoms with Crippen molar-refractivity contribution in [2.45, 2.75) is 32.1 Å². The van der Waals surface area contributed by atoms with Crippen LogP contribution in [-0.2, 0) is 4.74 Å². The van der Waals surface area contributed by atoms with Crippen molar-refractivity contribution in [3.63, 3.8) is 0 Å². The second kappa shape index (κ2) is 6.09. The Kier molecular flexibility index (Phi) is 4.45. The molecule has 2 amide bonds. The van der Waals surface area contributed by atoms with E-state index >= 15 is 0 Å². The van der Waals surface area contributed by atoms with Crippen molar-refractivity contribution in [1.29, 1.82) is 0 Å². The predicted octanol–water partition coefficient (Wildman–Crippen LogP) is 1.61. The number of carbonyl (C=O) groups is 1. The van der Waals surface area contributed by atoms with Gasteiger partial charge < -0.3 is 15.0 Å². The molecule has 2 saturated heterocycles.